The molecule has 0 unspecified atom stereocenters. The maximum Gasteiger partial charge on any atom is 0.264 e. The van der Waals surface area contributed by atoms with Gasteiger partial charge in [-0.3, -0.25) is 4.79 Å². The molecule has 28 heavy (non-hydrogen) atoms. The summed E-state index contributed by atoms with van der Waals surface area (Å²) in [4.78, 5) is 21.3. The van der Waals surface area contributed by atoms with Gasteiger partial charge in [0.25, 0.3) is 5.91 Å². The van der Waals surface area contributed by atoms with Crippen molar-refractivity contribution in [2.45, 2.75) is 19.3 Å². The number of hydrogen-bond donors (Lipinski definition) is 0. The lowest BCUT2D eigenvalue weighted by Crippen LogP contribution is -2.31. The molecule has 1 aliphatic heterocycles. The van der Waals surface area contributed by atoms with E-state index in [9.17, 15) is 4.79 Å². The van der Waals surface area contributed by atoms with Crippen LogP contribution in [0.1, 0.15) is 19.3 Å². The third-order valence-corrected chi connectivity index (χ3v) is 5.22. The molecule has 0 N–H and O–H groups in total. The van der Waals surface area contributed by atoms with Crippen molar-refractivity contribution in [3.63, 3.8) is 0 Å². The smallest absolute Gasteiger partial charge is 0.264 e. The van der Waals surface area contributed by atoms with Crippen LogP contribution >= 0.6 is 0 Å². The van der Waals surface area contributed by atoms with Gasteiger partial charge in [-0.15, -0.1) is 0 Å². The Morgan fingerprint density at radius 1 is 1.00 bits per heavy atom. The molecule has 4 rings (SSSR count). The summed E-state index contributed by atoms with van der Waals surface area (Å²) in [5.74, 6) is 1.53. The number of aromatic nitrogens is 1. The highest BCUT2D eigenvalue weighted by molar-refractivity contribution is 5.94. The van der Waals surface area contributed by atoms with E-state index in [0.717, 1.165) is 35.5 Å². The van der Waals surface area contributed by atoms with Gasteiger partial charge in [-0.05, 0) is 49.6 Å². The number of pyridine rings is 1. The van der Waals surface area contributed by atoms with Crippen LogP contribution in [0.5, 0.6) is 5.75 Å². The van der Waals surface area contributed by atoms with Crippen molar-refractivity contribution in [3.8, 4) is 5.75 Å². The van der Waals surface area contributed by atoms with Gasteiger partial charge in [-0.1, -0.05) is 30.3 Å². The number of rotatable bonds is 5. The van der Waals surface area contributed by atoms with E-state index >= 15 is 0 Å². The van der Waals surface area contributed by atoms with Crippen LogP contribution in [-0.4, -0.2) is 37.6 Å². The molecule has 0 saturated carbocycles. The van der Waals surface area contributed by atoms with Crippen molar-refractivity contribution in [1.29, 1.82) is 0 Å². The molecule has 1 saturated heterocycles. The summed E-state index contributed by atoms with van der Waals surface area (Å²) in [6.07, 6.45) is 3.70. The number of ether oxygens (including phenoxy) is 1. The highest BCUT2D eigenvalue weighted by Gasteiger charge is 2.15. The molecule has 3 aromatic rings. The van der Waals surface area contributed by atoms with Crippen molar-refractivity contribution in [3.05, 3.63) is 60.7 Å². The Hall–Kier alpha value is -3.08. The molecule has 0 atom stereocenters. The first-order valence-corrected chi connectivity index (χ1v) is 9.81. The number of piperidine rings is 1. The Morgan fingerprint density at radius 2 is 1.79 bits per heavy atom. The first-order chi connectivity index (χ1) is 13.7. The fraction of sp³-hybridized carbons (Fsp3) is 0.304. The summed E-state index contributed by atoms with van der Waals surface area (Å²) in [5.41, 5.74) is 1.65. The van der Waals surface area contributed by atoms with Crippen molar-refractivity contribution in [2.75, 3.05) is 36.5 Å². The number of nitrogens with zero attached hydrogens (tertiary/aromatic N) is 3. The van der Waals surface area contributed by atoms with Crippen LogP contribution < -0.4 is 14.5 Å². The van der Waals surface area contributed by atoms with E-state index < -0.39 is 0 Å². The number of hydrogen-bond acceptors (Lipinski definition) is 4. The summed E-state index contributed by atoms with van der Waals surface area (Å²) in [6.45, 7) is 2.06. The minimum atomic E-state index is -0.101. The fourth-order valence-electron chi connectivity index (χ4n) is 3.56. The molecule has 0 aliphatic carbocycles. The van der Waals surface area contributed by atoms with Gasteiger partial charge in [0.15, 0.2) is 6.61 Å². The molecule has 5 heteroatoms. The summed E-state index contributed by atoms with van der Waals surface area (Å²) >= 11 is 0. The Labute approximate surface area is 165 Å². The van der Waals surface area contributed by atoms with Crippen LogP contribution in [0.15, 0.2) is 60.7 Å². The average Bonchev–Trinajstić information content (AvgIpc) is 2.77. The Balaban J connectivity index is 1.52. The summed E-state index contributed by atoms with van der Waals surface area (Å²) in [5, 5.41) is 1.02. The summed E-state index contributed by atoms with van der Waals surface area (Å²) in [7, 11) is 1.76. The van der Waals surface area contributed by atoms with Crippen LogP contribution in [0.25, 0.3) is 10.9 Å². The quantitative estimate of drug-likeness (QED) is 0.668. The minimum absolute atomic E-state index is 0.0276. The van der Waals surface area contributed by atoms with E-state index in [1.54, 1.807) is 11.9 Å². The monoisotopic (exact) mass is 375 g/mol. The van der Waals surface area contributed by atoms with E-state index in [0.29, 0.717) is 5.75 Å². The van der Waals surface area contributed by atoms with Crippen LogP contribution in [0.4, 0.5) is 11.5 Å². The van der Waals surface area contributed by atoms with E-state index in [1.165, 1.54) is 19.3 Å². The zero-order valence-corrected chi connectivity index (χ0v) is 16.2. The van der Waals surface area contributed by atoms with Crippen LogP contribution in [0, 0.1) is 0 Å². The highest BCUT2D eigenvalue weighted by Crippen LogP contribution is 2.27. The molecular formula is C23H25N3O2. The van der Waals surface area contributed by atoms with Gasteiger partial charge in [0.05, 0.1) is 0 Å². The molecule has 1 aliphatic rings. The van der Waals surface area contributed by atoms with E-state index in [1.807, 2.05) is 48.5 Å². The number of para-hydroxylation sites is 2. The zero-order valence-electron chi connectivity index (χ0n) is 16.2. The number of likely N-dealkylation sites (N-methyl/N-ethyl adjacent to an activating group) is 1. The molecule has 144 valence electrons. The summed E-state index contributed by atoms with van der Waals surface area (Å²) < 4.78 is 5.89. The Bertz CT molecular complexity index is 952. The van der Waals surface area contributed by atoms with Gasteiger partial charge in [0, 0.05) is 31.2 Å². The third kappa shape index (κ3) is 3.93. The van der Waals surface area contributed by atoms with Crippen molar-refractivity contribution in [1.82, 2.24) is 4.98 Å². The maximum absolute atomic E-state index is 12.5. The van der Waals surface area contributed by atoms with Gasteiger partial charge >= 0.3 is 0 Å². The number of amides is 1. The van der Waals surface area contributed by atoms with Crippen molar-refractivity contribution >= 4 is 28.3 Å². The normalized spacial score (nSPS) is 14.1. The largest absolute Gasteiger partial charge is 0.481 e. The fourth-order valence-corrected chi connectivity index (χ4v) is 3.56. The zero-order chi connectivity index (χ0) is 19.3. The Kier molecular flexibility index (Phi) is 5.42. The molecular weight excluding hydrogens is 350 g/mol. The van der Waals surface area contributed by atoms with Gasteiger partial charge < -0.3 is 14.5 Å². The van der Waals surface area contributed by atoms with Crippen LogP contribution in [0.2, 0.25) is 0 Å². The van der Waals surface area contributed by atoms with Crippen LogP contribution in [0.3, 0.4) is 0 Å². The van der Waals surface area contributed by atoms with Crippen molar-refractivity contribution < 1.29 is 9.53 Å². The van der Waals surface area contributed by atoms with E-state index in [4.69, 9.17) is 9.72 Å². The van der Waals surface area contributed by atoms with Crippen molar-refractivity contribution in [2.24, 2.45) is 0 Å². The lowest BCUT2D eigenvalue weighted by atomic mass is 10.1. The number of fused-ring (bicyclic) bond motifs is 1. The predicted molar refractivity (Wildman–Crippen MR) is 113 cm³/mol. The highest BCUT2D eigenvalue weighted by atomic mass is 16.5. The molecule has 0 bridgehead atoms. The molecule has 1 aromatic heterocycles. The predicted octanol–water partition coefficient (Wildman–Crippen LogP) is 4.27. The SMILES string of the molecule is CN(C(=O)COc1cccc2ccc(N3CCCCC3)nc12)c1ccccc1. The lowest BCUT2D eigenvalue weighted by molar-refractivity contribution is -0.120. The second kappa shape index (κ2) is 8.30. The average molecular weight is 375 g/mol. The lowest BCUT2D eigenvalue weighted by Gasteiger charge is -2.28. The second-order valence-corrected chi connectivity index (χ2v) is 7.12. The number of carbonyl (C=O) groups is 1. The molecule has 1 fully saturated rings. The molecule has 2 aromatic carbocycles. The van der Waals surface area contributed by atoms with Gasteiger partial charge in [0.2, 0.25) is 0 Å². The summed E-state index contributed by atoms with van der Waals surface area (Å²) in [6, 6.07) is 19.6. The molecule has 2 heterocycles. The van der Waals surface area contributed by atoms with Gasteiger partial charge in [0.1, 0.15) is 17.1 Å². The van der Waals surface area contributed by atoms with Crippen LogP contribution in [-0.2, 0) is 4.79 Å². The molecule has 5 nitrogen and oxygen atoms in total. The number of benzene rings is 2. The molecule has 1 amide bonds. The maximum atomic E-state index is 12.5. The molecule has 0 spiro atoms. The first kappa shape index (κ1) is 18.3. The third-order valence-electron chi connectivity index (χ3n) is 5.22. The van der Waals surface area contributed by atoms with E-state index in [-0.39, 0.29) is 12.5 Å². The molecule has 0 radical (unpaired) electrons. The number of carbonyl (C=O) groups excluding carboxylic acids is 1. The second-order valence-electron chi connectivity index (χ2n) is 7.12. The first-order valence-electron chi connectivity index (χ1n) is 9.81. The Morgan fingerprint density at radius 3 is 2.57 bits per heavy atom. The standard InChI is InChI=1S/C23H25N3O2/c1-25(19-10-4-2-5-11-19)22(27)17-28-20-12-8-9-18-13-14-21(24-23(18)20)26-15-6-3-7-16-26/h2,4-5,8-14H,3,6-7,15-17H2,1H3. The minimum Gasteiger partial charge on any atom is -0.481 e. The van der Waals surface area contributed by atoms with Gasteiger partial charge in [-0.2, -0.15) is 0 Å². The topological polar surface area (TPSA) is 45.7 Å². The van der Waals surface area contributed by atoms with Gasteiger partial charge in [-0.25, -0.2) is 4.98 Å². The number of anilines is 2. The van der Waals surface area contributed by atoms with E-state index in [2.05, 4.69) is 17.0 Å².